The molecule has 0 spiro atoms. The summed E-state index contributed by atoms with van der Waals surface area (Å²) in [7, 11) is 2.99. The van der Waals surface area contributed by atoms with Crippen LogP contribution >= 0.6 is 0 Å². The smallest absolute Gasteiger partial charge is 0.160 e. The van der Waals surface area contributed by atoms with Gasteiger partial charge in [-0.2, -0.15) is 0 Å². The minimum absolute atomic E-state index is 0.0595. The number of hydrogen-bond donors (Lipinski definition) is 3. The van der Waals surface area contributed by atoms with Crippen molar-refractivity contribution >= 4 is 5.78 Å². The molecule has 144 valence electrons. The number of ketones is 1. The summed E-state index contributed by atoms with van der Waals surface area (Å²) in [6, 6.07) is 9.78. The van der Waals surface area contributed by atoms with Crippen molar-refractivity contribution in [3.63, 3.8) is 0 Å². The number of rotatable bonds is 4. The van der Waals surface area contributed by atoms with Gasteiger partial charge in [-0.25, -0.2) is 0 Å². The highest BCUT2D eigenvalue weighted by atomic mass is 16.5. The highest BCUT2D eigenvalue weighted by molar-refractivity contribution is 5.85. The lowest BCUT2D eigenvalue weighted by Gasteiger charge is -2.39. The zero-order chi connectivity index (χ0) is 19.7. The molecule has 0 saturated carbocycles. The van der Waals surface area contributed by atoms with Gasteiger partial charge in [-0.05, 0) is 35.4 Å². The standard InChI is InChI=1S/C21H25NO5/c1-11-19(13-5-7-15(23)17(9-13)26-3)22-20(12(2)21(11)25)14-6-8-16(24)18(10-14)27-4/h5-12,19-20,22-24H,1-4H3/t11-,12-,19-,20+/m0/s1. The van der Waals surface area contributed by atoms with Crippen LogP contribution in [0.4, 0.5) is 0 Å². The molecule has 1 fully saturated rings. The Bertz CT molecular complexity index is 783. The van der Waals surface area contributed by atoms with Crippen LogP contribution in [0.3, 0.4) is 0 Å². The Hall–Kier alpha value is -2.73. The van der Waals surface area contributed by atoms with Crippen LogP contribution in [0.5, 0.6) is 23.0 Å². The first kappa shape index (κ1) is 19.0. The number of aromatic hydroxyl groups is 2. The Labute approximate surface area is 158 Å². The predicted molar refractivity (Wildman–Crippen MR) is 101 cm³/mol. The molecular weight excluding hydrogens is 346 g/mol. The summed E-state index contributed by atoms with van der Waals surface area (Å²) in [5, 5.41) is 23.3. The molecule has 27 heavy (non-hydrogen) atoms. The van der Waals surface area contributed by atoms with Gasteiger partial charge in [-0.3, -0.25) is 4.79 Å². The normalized spacial score (nSPS) is 25.3. The molecule has 2 aromatic carbocycles. The van der Waals surface area contributed by atoms with Gasteiger partial charge in [0.15, 0.2) is 23.0 Å². The van der Waals surface area contributed by atoms with Crippen LogP contribution < -0.4 is 14.8 Å². The lowest BCUT2D eigenvalue weighted by atomic mass is 9.76. The van der Waals surface area contributed by atoms with Crippen molar-refractivity contribution in [1.29, 1.82) is 0 Å². The number of Topliss-reactive ketones (excluding diaryl/α,β-unsaturated/α-hetero) is 1. The van der Waals surface area contributed by atoms with Gasteiger partial charge < -0.3 is 25.0 Å². The molecule has 0 amide bonds. The summed E-state index contributed by atoms with van der Waals surface area (Å²) >= 11 is 0. The molecule has 0 radical (unpaired) electrons. The van der Waals surface area contributed by atoms with Crippen LogP contribution in [0.2, 0.25) is 0 Å². The third-order valence-electron chi connectivity index (χ3n) is 5.38. The predicted octanol–water partition coefficient (Wildman–Crippen LogP) is 3.34. The molecule has 2 aromatic rings. The molecule has 3 N–H and O–H groups in total. The number of piperidine rings is 1. The molecule has 1 aliphatic rings. The molecule has 6 heteroatoms. The molecule has 0 unspecified atom stereocenters. The van der Waals surface area contributed by atoms with Crippen LogP contribution in [0.1, 0.15) is 37.1 Å². The van der Waals surface area contributed by atoms with E-state index in [9.17, 15) is 15.0 Å². The van der Waals surface area contributed by atoms with Crippen molar-refractivity contribution < 1.29 is 24.5 Å². The van der Waals surface area contributed by atoms with Crippen molar-refractivity contribution in [2.24, 2.45) is 11.8 Å². The number of hydrogen-bond acceptors (Lipinski definition) is 6. The van der Waals surface area contributed by atoms with Crippen LogP contribution in [0, 0.1) is 11.8 Å². The fourth-order valence-corrected chi connectivity index (χ4v) is 3.77. The van der Waals surface area contributed by atoms with Crippen LogP contribution in [-0.4, -0.2) is 30.2 Å². The van der Waals surface area contributed by atoms with Gasteiger partial charge in [0.05, 0.1) is 14.2 Å². The number of phenolic OH excluding ortho intramolecular Hbond substituents is 2. The van der Waals surface area contributed by atoms with Crippen LogP contribution in [0.25, 0.3) is 0 Å². The van der Waals surface area contributed by atoms with E-state index in [0.717, 1.165) is 11.1 Å². The number of carbonyl (C=O) groups excluding carboxylic acids is 1. The van der Waals surface area contributed by atoms with Crippen molar-refractivity contribution in [3.8, 4) is 23.0 Å². The van der Waals surface area contributed by atoms with E-state index in [1.54, 1.807) is 36.4 Å². The summed E-state index contributed by atoms with van der Waals surface area (Å²) in [5.41, 5.74) is 1.74. The number of methoxy groups -OCH3 is 2. The largest absolute Gasteiger partial charge is 0.504 e. The van der Waals surface area contributed by atoms with Gasteiger partial charge in [0, 0.05) is 23.9 Å². The first-order valence-electron chi connectivity index (χ1n) is 8.91. The fraction of sp³-hybridized carbons (Fsp3) is 0.381. The second kappa shape index (κ2) is 7.48. The average Bonchev–Trinajstić information content (AvgIpc) is 2.67. The van der Waals surface area contributed by atoms with E-state index in [1.807, 2.05) is 13.8 Å². The van der Waals surface area contributed by atoms with Gasteiger partial charge >= 0.3 is 0 Å². The average molecular weight is 371 g/mol. The Balaban J connectivity index is 1.99. The Morgan fingerprint density at radius 1 is 0.815 bits per heavy atom. The maximum Gasteiger partial charge on any atom is 0.160 e. The van der Waals surface area contributed by atoms with E-state index in [2.05, 4.69) is 5.32 Å². The van der Waals surface area contributed by atoms with Crippen molar-refractivity contribution in [1.82, 2.24) is 5.32 Å². The van der Waals surface area contributed by atoms with E-state index in [1.165, 1.54) is 14.2 Å². The molecule has 4 atom stereocenters. The van der Waals surface area contributed by atoms with Crippen LogP contribution in [0.15, 0.2) is 36.4 Å². The first-order valence-corrected chi connectivity index (χ1v) is 8.91. The molecule has 0 aromatic heterocycles. The highest BCUT2D eigenvalue weighted by Crippen LogP contribution is 2.41. The van der Waals surface area contributed by atoms with Crippen molar-refractivity contribution in [2.45, 2.75) is 25.9 Å². The van der Waals surface area contributed by atoms with Gasteiger partial charge in [0.2, 0.25) is 0 Å². The zero-order valence-electron chi connectivity index (χ0n) is 15.9. The zero-order valence-corrected chi connectivity index (χ0v) is 15.9. The van der Waals surface area contributed by atoms with Gasteiger partial charge in [-0.1, -0.05) is 26.0 Å². The van der Waals surface area contributed by atoms with E-state index in [-0.39, 0.29) is 41.2 Å². The second-order valence-corrected chi connectivity index (χ2v) is 6.96. The Morgan fingerprint density at radius 3 is 1.59 bits per heavy atom. The highest BCUT2D eigenvalue weighted by Gasteiger charge is 2.40. The van der Waals surface area contributed by atoms with E-state index in [4.69, 9.17) is 9.47 Å². The molecule has 0 aliphatic carbocycles. The summed E-state index contributed by atoms with van der Waals surface area (Å²) in [6.07, 6.45) is 0. The lowest BCUT2D eigenvalue weighted by Crippen LogP contribution is -2.46. The van der Waals surface area contributed by atoms with Crippen molar-refractivity contribution in [2.75, 3.05) is 14.2 Å². The minimum Gasteiger partial charge on any atom is -0.504 e. The molecule has 1 aliphatic heterocycles. The van der Waals surface area contributed by atoms with Crippen molar-refractivity contribution in [3.05, 3.63) is 47.5 Å². The molecule has 0 bridgehead atoms. The topological polar surface area (TPSA) is 88.0 Å². The second-order valence-electron chi connectivity index (χ2n) is 6.96. The van der Waals surface area contributed by atoms with E-state index < -0.39 is 0 Å². The summed E-state index contributed by atoms with van der Waals surface area (Å²) in [6.45, 7) is 3.81. The van der Waals surface area contributed by atoms with Gasteiger partial charge in [0.25, 0.3) is 0 Å². The fourth-order valence-electron chi connectivity index (χ4n) is 3.77. The maximum absolute atomic E-state index is 12.9. The van der Waals surface area contributed by atoms with Crippen LogP contribution in [-0.2, 0) is 4.79 Å². The third-order valence-corrected chi connectivity index (χ3v) is 5.38. The number of nitrogens with one attached hydrogen (secondary N) is 1. The number of phenols is 2. The van der Waals surface area contributed by atoms with Gasteiger partial charge in [0.1, 0.15) is 5.78 Å². The summed E-state index contributed by atoms with van der Waals surface area (Å²) < 4.78 is 10.4. The molecule has 1 saturated heterocycles. The molecule has 1 heterocycles. The minimum atomic E-state index is -0.232. The SMILES string of the molecule is COc1cc([C@H]2N[C@@H](c3ccc(O)c(OC)c3)[C@H](C)C(=O)[C@H]2C)ccc1O. The molecule has 3 rings (SSSR count). The molecular formula is C21H25NO5. The van der Waals surface area contributed by atoms with Gasteiger partial charge in [-0.15, -0.1) is 0 Å². The number of benzene rings is 2. The molecule has 6 nitrogen and oxygen atoms in total. The number of ether oxygens (including phenoxy) is 2. The quantitative estimate of drug-likeness (QED) is 0.764. The summed E-state index contributed by atoms with van der Waals surface area (Å²) in [4.78, 5) is 12.9. The Morgan fingerprint density at radius 2 is 1.22 bits per heavy atom. The first-order chi connectivity index (χ1) is 12.9. The lowest BCUT2D eigenvalue weighted by molar-refractivity contribution is -0.130. The van der Waals surface area contributed by atoms with E-state index >= 15 is 0 Å². The van der Waals surface area contributed by atoms with E-state index in [0.29, 0.717) is 11.5 Å². The maximum atomic E-state index is 12.9. The monoisotopic (exact) mass is 371 g/mol. The summed E-state index contributed by atoms with van der Waals surface area (Å²) in [5.74, 6) is 0.552. The number of carbonyl (C=O) groups is 1. The Kier molecular flexibility index (Phi) is 5.28. The third kappa shape index (κ3) is 3.45.